The van der Waals surface area contributed by atoms with Crippen molar-refractivity contribution in [2.75, 3.05) is 0 Å². The number of ether oxygens (including phenoxy) is 2. The van der Waals surface area contributed by atoms with E-state index in [2.05, 4.69) is 29.2 Å². The van der Waals surface area contributed by atoms with Crippen molar-refractivity contribution >= 4 is 17.8 Å². The zero-order chi connectivity index (χ0) is 19.2. The molecule has 0 aliphatic rings. The van der Waals surface area contributed by atoms with Crippen molar-refractivity contribution in [1.82, 2.24) is 0 Å². The van der Waals surface area contributed by atoms with E-state index in [4.69, 9.17) is 15.9 Å². The summed E-state index contributed by atoms with van der Waals surface area (Å²) in [6, 6.07) is 0. The van der Waals surface area contributed by atoms with Crippen LogP contribution < -0.4 is 5.73 Å². The van der Waals surface area contributed by atoms with E-state index < -0.39 is 30.4 Å². The van der Waals surface area contributed by atoms with Crippen molar-refractivity contribution < 1.29 is 34.1 Å². The summed E-state index contributed by atoms with van der Waals surface area (Å²) >= 11 is 0. The van der Waals surface area contributed by atoms with Gasteiger partial charge in [0.25, 0.3) is 0 Å². The van der Waals surface area contributed by atoms with Crippen LogP contribution in [0, 0.1) is 0 Å². The molecule has 0 saturated heterocycles. The molecule has 0 rings (SSSR count). The summed E-state index contributed by atoms with van der Waals surface area (Å²) in [5.74, 6) is -1.61. The summed E-state index contributed by atoms with van der Waals surface area (Å²) in [6.07, 6.45) is -1.10. The number of carbonyl (C=O) groups is 3. The number of aliphatic hydroxyl groups excluding tert-OH is 2. The number of aliphatic hydroxyl groups is 2. The van der Waals surface area contributed by atoms with E-state index in [1.165, 1.54) is 20.8 Å². The first-order valence-corrected chi connectivity index (χ1v) is 6.36. The normalized spacial score (nSPS) is 11.0. The molecule has 8 nitrogen and oxygen atoms in total. The van der Waals surface area contributed by atoms with Crippen LogP contribution in [-0.4, -0.2) is 40.6 Å². The summed E-state index contributed by atoms with van der Waals surface area (Å²) in [7, 11) is 0. The van der Waals surface area contributed by atoms with Crippen LogP contribution in [0.2, 0.25) is 0 Å². The molecule has 0 aromatic rings. The van der Waals surface area contributed by atoms with Crippen LogP contribution in [0.1, 0.15) is 27.7 Å². The van der Waals surface area contributed by atoms with E-state index in [0.29, 0.717) is 5.57 Å². The zero-order valence-electron chi connectivity index (χ0n) is 13.9. The lowest BCUT2D eigenvalue weighted by molar-refractivity contribution is -0.160. The van der Waals surface area contributed by atoms with Crippen molar-refractivity contribution in [3.8, 4) is 0 Å². The second-order valence-corrected chi connectivity index (χ2v) is 4.17. The molecule has 23 heavy (non-hydrogen) atoms. The van der Waals surface area contributed by atoms with Gasteiger partial charge in [-0.3, -0.25) is 4.79 Å². The summed E-state index contributed by atoms with van der Waals surface area (Å²) < 4.78 is 8.53. The SMILES string of the molecule is C=C(C)C(=O)OC(C)O.C=C(C)C(N)=O.C=CC(=O)OC(C)O. The van der Waals surface area contributed by atoms with Gasteiger partial charge in [-0.1, -0.05) is 19.7 Å². The Balaban J connectivity index is -0.000000266. The van der Waals surface area contributed by atoms with Crippen LogP contribution >= 0.6 is 0 Å². The Morgan fingerprint density at radius 3 is 1.43 bits per heavy atom. The van der Waals surface area contributed by atoms with E-state index in [1.54, 1.807) is 6.92 Å². The number of hydrogen-bond acceptors (Lipinski definition) is 7. The van der Waals surface area contributed by atoms with E-state index in [0.717, 1.165) is 6.08 Å². The molecular formula is C15H25NO7. The summed E-state index contributed by atoms with van der Waals surface area (Å²) in [4.78, 5) is 30.4. The van der Waals surface area contributed by atoms with Gasteiger partial charge in [0.2, 0.25) is 5.91 Å². The van der Waals surface area contributed by atoms with Gasteiger partial charge in [0.05, 0.1) is 0 Å². The lowest BCUT2D eigenvalue weighted by Crippen LogP contribution is -2.13. The fourth-order valence-corrected chi connectivity index (χ4v) is 0.472. The molecule has 0 aliphatic heterocycles. The van der Waals surface area contributed by atoms with Crippen LogP contribution in [0.5, 0.6) is 0 Å². The maximum absolute atomic E-state index is 10.5. The van der Waals surface area contributed by atoms with Gasteiger partial charge < -0.3 is 25.4 Å². The molecule has 0 radical (unpaired) electrons. The molecule has 0 heterocycles. The van der Waals surface area contributed by atoms with Gasteiger partial charge in [-0.2, -0.15) is 0 Å². The lowest BCUT2D eigenvalue weighted by Gasteiger charge is -2.04. The Morgan fingerprint density at radius 2 is 1.35 bits per heavy atom. The summed E-state index contributed by atoms with van der Waals surface area (Å²) in [5.41, 5.74) is 5.38. The zero-order valence-corrected chi connectivity index (χ0v) is 13.9. The molecule has 0 bridgehead atoms. The summed E-state index contributed by atoms with van der Waals surface area (Å²) in [6.45, 7) is 15.5. The predicted octanol–water partition coefficient (Wildman–Crippen LogP) is 0.546. The second kappa shape index (κ2) is 14.5. The number of primary amides is 1. The van der Waals surface area contributed by atoms with Gasteiger partial charge >= 0.3 is 11.9 Å². The molecule has 2 unspecified atom stereocenters. The van der Waals surface area contributed by atoms with Crippen molar-refractivity contribution in [3.63, 3.8) is 0 Å². The topological polar surface area (TPSA) is 136 Å². The maximum Gasteiger partial charge on any atom is 0.335 e. The molecule has 0 aromatic carbocycles. The number of carbonyl (C=O) groups excluding carboxylic acids is 3. The highest BCUT2D eigenvalue weighted by Gasteiger charge is 2.04. The first-order chi connectivity index (χ1) is 10.3. The third kappa shape index (κ3) is 24.9. The average Bonchev–Trinajstić information content (AvgIpc) is 2.38. The molecule has 2 atom stereocenters. The van der Waals surface area contributed by atoms with Gasteiger partial charge in [-0.15, -0.1) is 0 Å². The minimum atomic E-state index is -1.05. The number of amides is 1. The van der Waals surface area contributed by atoms with E-state index in [1.807, 2.05) is 0 Å². The molecule has 0 aliphatic carbocycles. The Labute approximate surface area is 135 Å². The summed E-state index contributed by atoms with van der Waals surface area (Å²) in [5, 5.41) is 16.9. The molecule has 8 heteroatoms. The molecule has 132 valence electrons. The Bertz CT molecular complexity index is 427. The molecule has 4 N–H and O–H groups in total. The van der Waals surface area contributed by atoms with Gasteiger partial charge in [-0.05, 0) is 27.7 Å². The molecular weight excluding hydrogens is 306 g/mol. The maximum atomic E-state index is 10.5. The Morgan fingerprint density at radius 1 is 1.00 bits per heavy atom. The third-order valence-corrected chi connectivity index (χ3v) is 1.50. The van der Waals surface area contributed by atoms with Crippen LogP contribution in [0.3, 0.4) is 0 Å². The van der Waals surface area contributed by atoms with Gasteiger partial charge in [0.15, 0.2) is 12.6 Å². The first kappa shape index (κ1) is 25.5. The quantitative estimate of drug-likeness (QED) is 0.380. The van der Waals surface area contributed by atoms with Crippen LogP contribution in [-0.2, 0) is 23.9 Å². The number of hydrogen-bond donors (Lipinski definition) is 3. The highest BCUT2D eigenvalue weighted by molar-refractivity contribution is 5.90. The van der Waals surface area contributed by atoms with E-state index in [9.17, 15) is 14.4 Å². The highest BCUT2D eigenvalue weighted by Crippen LogP contribution is 1.94. The largest absolute Gasteiger partial charge is 0.433 e. The third-order valence-electron chi connectivity index (χ3n) is 1.50. The lowest BCUT2D eigenvalue weighted by atomic mass is 10.3. The number of esters is 2. The standard InChI is InChI=1S/C6H10O3.C5H8O3.C4H7NO/c1-4(2)6(8)9-5(3)7;1-3-5(7)8-4(2)6;1-3(2)4(5)6/h5,7H,1H2,2-3H3;3-4,6H,1H2,2H3;1H2,2H3,(H2,5,6). The monoisotopic (exact) mass is 331 g/mol. The first-order valence-electron chi connectivity index (χ1n) is 6.36. The molecule has 0 spiro atoms. The smallest absolute Gasteiger partial charge is 0.335 e. The van der Waals surface area contributed by atoms with Crippen LogP contribution in [0.15, 0.2) is 37.0 Å². The minimum Gasteiger partial charge on any atom is -0.433 e. The highest BCUT2D eigenvalue weighted by atomic mass is 16.6. The Hall–Kier alpha value is -2.45. The second-order valence-electron chi connectivity index (χ2n) is 4.17. The van der Waals surface area contributed by atoms with Crippen molar-refractivity contribution in [3.05, 3.63) is 37.0 Å². The van der Waals surface area contributed by atoms with Crippen molar-refractivity contribution in [2.45, 2.75) is 40.3 Å². The van der Waals surface area contributed by atoms with Gasteiger partial charge in [0, 0.05) is 17.2 Å². The van der Waals surface area contributed by atoms with Crippen LogP contribution in [0.25, 0.3) is 0 Å². The Kier molecular flexibility index (Phi) is 16.1. The predicted molar refractivity (Wildman–Crippen MR) is 84.6 cm³/mol. The van der Waals surface area contributed by atoms with Crippen LogP contribution in [0.4, 0.5) is 0 Å². The molecule has 0 aromatic heterocycles. The minimum absolute atomic E-state index is 0.288. The fourth-order valence-electron chi connectivity index (χ4n) is 0.472. The van der Waals surface area contributed by atoms with E-state index >= 15 is 0 Å². The van der Waals surface area contributed by atoms with E-state index in [-0.39, 0.29) is 5.57 Å². The van der Waals surface area contributed by atoms with Gasteiger partial charge in [0.1, 0.15) is 0 Å². The van der Waals surface area contributed by atoms with Crippen molar-refractivity contribution in [1.29, 1.82) is 0 Å². The molecule has 1 amide bonds. The number of nitrogens with two attached hydrogens (primary N) is 1. The fraction of sp³-hybridized carbons (Fsp3) is 0.400. The average molecular weight is 331 g/mol. The van der Waals surface area contributed by atoms with Gasteiger partial charge in [-0.25, -0.2) is 9.59 Å². The number of rotatable bonds is 5. The molecule has 0 fully saturated rings. The van der Waals surface area contributed by atoms with Crippen molar-refractivity contribution in [2.24, 2.45) is 5.73 Å². The molecule has 0 saturated carbocycles.